The topological polar surface area (TPSA) is 76.0 Å². The van der Waals surface area contributed by atoms with Gasteiger partial charge in [-0.2, -0.15) is 0 Å². The van der Waals surface area contributed by atoms with Gasteiger partial charge < -0.3 is 19.7 Å². The molecule has 5 nitrogen and oxygen atoms in total. The second kappa shape index (κ2) is 8.98. The largest absolute Gasteiger partial charge is 0.485 e. The highest BCUT2D eigenvalue weighted by molar-refractivity contribution is 5.98. The van der Waals surface area contributed by atoms with Crippen molar-refractivity contribution in [1.82, 2.24) is 0 Å². The van der Waals surface area contributed by atoms with Gasteiger partial charge in [-0.25, -0.2) is 0 Å². The van der Waals surface area contributed by atoms with E-state index in [0.29, 0.717) is 24.7 Å². The number of rotatable bonds is 8. The van der Waals surface area contributed by atoms with Crippen molar-refractivity contribution in [2.45, 2.75) is 19.5 Å². The molecule has 0 radical (unpaired) electrons. The van der Waals surface area contributed by atoms with Gasteiger partial charge in [0.2, 0.25) is 12.1 Å². The summed E-state index contributed by atoms with van der Waals surface area (Å²) in [4.78, 5) is 11.9. The lowest BCUT2D eigenvalue weighted by Gasteiger charge is -2.14. The Morgan fingerprint density at radius 3 is 1.78 bits per heavy atom. The molecule has 0 saturated carbocycles. The molecular formula is C22H20O5. The van der Waals surface area contributed by atoms with E-state index in [2.05, 4.69) is 0 Å². The van der Waals surface area contributed by atoms with Gasteiger partial charge in [0.05, 0.1) is 0 Å². The maximum atomic E-state index is 11.9. The van der Waals surface area contributed by atoms with E-state index in [4.69, 9.17) is 19.7 Å². The third-order valence-corrected chi connectivity index (χ3v) is 3.94. The maximum Gasteiger partial charge on any atom is 0.218 e. The quantitative estimate of drug-likeness (QED) is 0.474. The van der Waals surface area contributed by atoms with Crippen LogP contribution >= 0.6 is 0 Å². The second-order valence-electron chi connectivity index (χ2n) is 5.95. The molecule has 0 aliphatic heterocycles. The van der Waals surface area contributed by atoms with Crippen LogP contribution < -0.4 is 9.47 Å². The van der Waals surface area contributed by atoms with Crippen LogP contribution in [-0.4, -0.2) is 22.3 Å². The minimum absolute atomic E-state index is 0.139. The first kappa shape index (κ1) is 18.6. The van der Waals surface area contributed by atoms with Crippen LogP contribution in [0, 0.1) is 0 Å². The lowest BCUT2D eigenvalue weighted by molar-refractivity contribution is -0.0195. The molecule has 0 amide bonds. The standard InChI is InChI=1S/C22H20O5/c23-21(22(24)25)18-11-12-19(26-14-16-7-3-1-4-8-16)20(13-18)27-15-17-9-5-2-6-10-17/h1-13,22,24-25H,14-15H2. The maximum absolute atomic E-state index is 11.9. The summed E-state index contributed by atoms with van der Waals surface area (Å²) in [6.45, 7) is 0.639. The molecule has 0 atom stereocenters. The number of ketones is 1. The van der Waals surface area contributed by atoms with Gasteiger partial charge in [-0.15, -0.1) is 0 Å². The third kappa shape index (κ3) is 5.17. The molecule has 0 unspecified atom stereocenters. The summed E-state index contributed by atoms with van der Waals surface area (Å²) in [5, 5.41) is 18.3. The minimum Gasteiger partial charge on any atom is -0.485 e. The Morgan fingerprint density at radius 2 is 1.26 bits per heavy atom. The van der Waals surface area contributed by atoms with Crippen LogP contribution in [0.25, 0.3) is 0 Å². The van der Waals surface area contributed by atoms with Gasteiger partial charge in [0.15, 0.2) is 11.5 Å². The Morgan fingerprint density at radius 1 is 0.741 bits per heavy atom. The number of aliphatic hydroxyl groups excluding tert-OH is 1. The van der Waals surface area contributed by atoms with E-state index in [0.717, 1.165) is 11.1 Å². The van der Waals surface area contributed by atoms with Crippen LogP contribution in [0.3, 0.4) is 0 Å². The lowest BCUT2D eigenvalue weighted by atomic mass is 10.1. The Labute approximate surface area is 157 Å². The van der Waals surface area contributed by atoms with Crippen LogP contribution in [0.15, 0.2) is 78.9 Å². The molecule has 0 fully saturated rings. The number of Topliss-reactive ketones (excluding diaryl/α,β-unsaturated/α-hetero) is 1. The average molecular weight is 364 g/mol. The van der Waals surface area contributed by atoms with Crippen LogP contribution in [0.1, 0.15) is 21.5 Å². The van der Waals surface area contributed by atoms with E-state index in [1.54, 1.807) is 6.07 Å². The van der Waals surface area contributed by atoms with Crippen LogP contribution in [0.4, 0.5) is 0 Å². The highest BCUT2D eigenvalue weighted by Gasteiger charge is 2.17. The summed E-state index contributed by atoms with van der Waals surface area (Å²) in [5.74, 6) is 0.0363. The Hall–Kier alpha value is -3.15. The van der Waals surface area contributed by atoms with Gasteiger partial charge in [-0.05, 0) is 29.3 Å². The fourth-order valence-corrected chi connectivity index (χ4v) is 2.51. The molecule has 0 spiro atoms. The number of carbonyl (C=O) groups excluding carboxylic acids is 1. The second-order valence-corrected chi connectivity index (χ2v) is 5.95. The molecule has 3 rings (SSSR count). The number of hydrogen-bond acceptors (Lipinski definition) is 5. The fourth-order valence-electron chi connectivity index (χ4n) is 2.51. The van der Waals surface area contributed by atoms with Crippen LogP contribution in [0.2, 0.25) is 0 Å². The minimum atomic E-state index is -2.07. The lowest BCUT2D eigenvalue weighted by Crippen LogP contribution is -2.19. The summed E-state index contributed by atoms with van der Waals surface area (Å²) in [7, 11) is 0. The van der Waals surface area contributed by atoms with Crippen molar-refractivity contribution in [3.63, 3.8) is 0 Å². The third-order valence-electron chi connectivity index (χ3n) is 3.94. The molecule has 0 heterocycles. The molecule has 3 aromatic carbocycles. The average Bonchev–Trinajstić information content (AvgIpc) is 2.72. The van der Waals surface area contributed by atoms with Crippen molar-refractivity contribution in [2.75, 3.05) is 0 Å². The monoisotopic (exact) mass is 364 g/mol. The smallest absolute Gasteiger partial charge is 0.218 e. The number of ether oxygens (including phenoxy) is 2. The predicted molar refractivity (Wildman–Crippen MR) is 101 cm³/mol. The zero-order valence-corrected chi connectivity index (χ0v) is 14.6. The van der Waals surface area contributed by atoms with Crippen LogP contribution in [-0.2, 0) is 13.2 Å². The molecule has 0 aromatic heterocycles. The Bertz CT molecular complexity index is 876. The summed E-state index contributed by atoms with van der Waals surface area (Å²) in [6, 6.07) is 23.8. The summed E-state index contributed by atoms with van der Waals surface area (Å²) < 4.78 is 11.7. The number of carbonyl (C=O) groups is 1. The first-order valence-electron chi connectivity index (χ1n) is 8.51. The molecule has 2 N–H and O–H groups in total. The van der Waals surface area contributed by atoms with Gasteiger partial charge in [-0.3, -0.25) is 4.79 Å². The summed E-state index contributed by atoms with van der Waals surface area (Å²) in [6.07, 6.45) is -2.07. The van der Waals surface area contributed by atoms with Crippen molar-refractivity contribution in [2.24, 2.45) is 0 Å². The molecule has 138 valence electrons. The number of benzene rings is 3. The Kier molecular flexibility index (Phi) is 6.20. The summed E-state index contributed by atoms with van der Waals surface area (Å²) >= 11 is 0. The van der Waals surface area contributed by atoms with E-state index in [1.807, 2.05) is 60.7 Å². The van der Waals surface area contributed by atoms with Crippen LogP contribution in [0.5, 0.6) is 11.5 Å². The van der Waals surface area contributed by atoms with Gasteiger partial charge in [0, 0.05) is 5.56 Å². The highest BCUT2D eigenvalue weighted by Crippen LogP contribution is 2.30. The molecule has 27 heavy (non-hydrogen) atoms. The van der Waals surface area contributed by atoms with Gasteiger partial charge in [0.25, 0.3) is 0 Å². The predicted octanol–water partition coefficient (Wildman–Crippen LogP) is 3.34. The molecule has 0 bridgehead atoms. The molecule has 5 heteroatoms. The first-order valence-corrected chi connectivity index (χ1v) is 8.51. The molecular weight excluding hydrogens is 344 g/mol. The molecule has 0 saturated heterocycles. The van der Waals surface area contributed by atoms with Gasteiger partial charge >= 0.3 is 0 Å². The molecule has 3 aromatic rings. The van der Waals surface area contributed by atoms with Gasteiger partial charge in [-0.1, -0.05) is 60.7 Å². The van der Waals surface area contributed by atoms with E-state index >= 15 is 0 Å². The van der Waals surface area contributed by atoms with Crippen molar-refractivity contribution >= 4 is 5.78 Å². The van der Waals surface area contributed by atoms with Crippen molar-refractivity contribution in [3.8, 4) is 11.5 Å². The van der Waals surface area contributed by atoms with E-state index < -0.39 is 12.1 Å². The van der Waals surface area contributed by atoms with E-state index in [-0.39, 0.29) is 5.56 Å². The van der Waals surface area contributed by atoms with Crippen molar-refractivity contribution in [1.29, 1.82) is 0 Å². The van der Waals surface area contributed by atoms with E-state index in [9.17, 15) is 4.79 Å². The first-order chi connectivity index (χ1) is 13.1. The van der Waals surface area contributed by atoms with E-state index in [1.165, 1.54) is 12.1 Å². The highest BCUT2D eigenvalue weighted by atomic mass is 16.5. The van der Waals surface area contributed by atoms with Crippen molar-refractivity contribution < 1.29 is 24.5 Å². The number of aliphatic hydroxyl groups is 2. The van der Waals surface area contributed by atoms with Gasteiger partial charge in [0.1, 0.15) is 13.2 Å². The zero-order valence-electron chi connectivity index (χ0n) is 14.6. The normalized spacial score (nSPS) is 10.6. The molecule has 0 aliphatic rings. The van der Waals surface area contributed by atoms with Crippen molar-refractivity contribution in [3.05, 3.63) is 95.6 Å². The molecule has 0 aliphatic carbocycles. The Balaban J connectivity index is 1.80. The zero-order chi connectivity index (χ0) is 19.1. The SMILES string of the molecule is O=C(c1ccc(OCc2ccccc2)c(OCc2ccccc2)c1)C(O)O. The number of hydrogen-bond donors (Lipinski definition) is 2. The fraction of sp³-hybridized carbons (Fsp3) is 0.136. The summed E-state index contributed by atoms with van der Waals surface area (Å²) in [5.41, 5.74) is 2.10.